The van der Waals surface area contributed by atoms with Crippen LogP contribution in [0.2, 0.25) is 10.0 Å². The maximum Gasteiger partial charge on any atom is 0.289 e. The molecule has 0 aliphatic carbocycles. The lowest BCUT2D eigenvalue weighted by Gasteiger charge is -2.03. The van der Waals surface area contributed by atoms with E-state index in [4.69, 9.17) is 23.2 Å². The fraction of sp³-hybridized carbons (Fsp3) is 0.0588. The summed E-state index contributed by atoms with van der Waals surface area (Å²) in [4.78, 5) is 17.7. The molecule has 8 heteroatoms. The highest BCUT2D eigenvalue weighted by Gasteiger charge is 2.18. The van der Waals surface area contributed by atoms with Crippen molar-refractivity contribution in [3.63, 3.8) is 0 Å². The van der Waals surface area contributed by atoms with Gasteiger partial charge in [-0.3, -0.25) is 10.1 Å². The van der Waals surface area contributed by atoms with Crippen LogP contribution in [-0.4, -0.2) is 14.9 Å². The summed E-state index contributed by atoms with van der Waals surface area (Å²) < 4.78 is 0. The molecular weight excluding hydrogens is 363 g/mol. The molecule has 0 aliphatic heterocycles. The number of aryl methyl sites for hydroxylation is 1. The van der Waals surface area contributed by atoms with Crippen molar-refractivity contribution in [2.75, 3.05) is 0 Å². The third-order valence-electron chi connectivity index (χ3n) is 3.60. The van der Waals surface area contributed by atoms with Gasteiger partial charge in [-0.15, -0.1) is 0 Å². The van der Waals surface area contributed by atoms with E-state index in [0.29, 0.717) is 11.4 Å². The molecule has 0 radical (unpaired) electrons. The van der Waals surface area contributed by atoms with E-state index in [9.17, 15) is 15.4 Å². The zero-order valence-corrected chi connectivity index (χ0v) is 14.4. The minimum absolute atomic E-state index is 0.00979. The Morgan fingerprint density at radius 1 is 1.32 bits per heavy atom. The predicted molar refractivity (Wildman–Crippen MR) is 97.4 cm³/mol. The first-order valence-electron chi connectivity index (χ1n) is 7.11. The number of hydrogen-bond donors (Lipinski definition) is 1. The maximum absolute atomic E-state index is 10.9. The minimum Gasteiger partial charge on any atom is -0.337 e. The molecule has 6 nitrogen and oxygen atoms in total. The molecule has 2 aromatic carbocycles. The van der Waals surface area contributed by atoms with Crippen LogP contribution in [0.4, 0.5) is 5.69 Å². The van der Waals surface area contributed by atoms with Gasteiger partial charge in [-0.05, 0) is 42.3 Å². The summed E-state index contributed by atoms with van der Waals surface area (Å²) in [5, 5.41) is 20.2. The largest absolute Gasteiger partial charge is 0.337 e. The minimum atomic E-state index is -0.617. The molecule has 1 N–H and O–H groups in total. The second-order valence-corrected chi connectivity index (χ2v) is 6.09. The Bertz CT molecular complexity index is 1080. The summed E-state index contributed by atoms with van der Waals surface area (Å²) in [6.45, 7) is 1.96. The zero-order valence-electron chi connectivity index (χ0n) is 12.9. The highest BCUT2D eigenvalue weighted by Crippen LogP contribution is 2.35. The number of allylic oxidation sites excluding steroid dienone is 1. The van der Waals surface area contributed by atoms with Crippen LogP contribution in [0.25, 0.3) is 22.7 Å². The molecule has 1 heterocycles. The maximum atomic E-state index is 10.9. The van der Waals surface area contributed by atoms with E-state index in [1.165, 1.54) is 18.2 Å². The number of nitro groups is 1. The number of halogens is 2. The van der Waals surface area contributed by atoms with E-state index in [1.54, 1.807) is 0 Å². The first kappa shape index (κ1) is 17.0. The Hall–Kier alpha value is -2.88. The summed E-state index contributed by atoms with van der Waals surface area (Å²) in [6.07, 6.45) is 1.49. The topological polar surface area (TPSA) is 95.6 Å². The molecule has 0 saturated carbocycles. The van der Waals surface area contributed by atoms with Crippen molar-refractivity contribution < 1.29 is 4.92 Å². The monoisotopic (exact) mass is 372 g/mol. The van der Waals surface area contributed by atoms with Crippen LogP contribution >= 0.6 is 23.2 Å². The third kappa shape index (κ3) is 3.20. The Kier molecular flexibility index (Phi) is 4.45. The molecule has 0 saturated heterocycles. The van der Waals surface area contributed by atoms with E-state index in [-0.39, 0.29) is 21.3 Å². The first-order chi connectivity index (χ1) is 11.9. The van der Waals surface area contributed by atoms with Gasteiger partial charge in [-0.25, -0.2) is 4.98 Å². The summed E-state index contributed by atoms with van der Waals surface area (Å²) >= 11 is 12.0. The number of aromatic nitrogens is 2. The van der Waals surface area contributed by atoms with E-state index < -0.39 is 4.92 Å². The van der Waals surface area contributed by atoms with E-state index in [2.05, 4.69) is 16.0 Å². The number of benzene rings is 2. The summed E-state index contributed by atoms with van der Waals surface area (Å²) in [7, 11) is 0. The molecule has 0 bridgehead atoms. The SMILES string of the molecule is Cc1ccc2nc(/C(C#N)=C\c3ccc([N+](=O)[O-])c(Cl)c3Cl)[nH]c2c1. The lowest BCUT2D eigenvalue weighted by molar-refractivity contribution is -0.384. The number of nitro benzene ring substituents is 1. The molecular formula is C17H10Cl2N4O2. The number of imidazole rings is 1. The van der Waals surface area contributed by atoms with E-state index >= 15 is 0 Å². The number of fused-ring (bicyclic) bond motifs is 1. The van der Waals surface area contributed by atoms with Crippen molar-refractivity contribution in [1.29, 1.82) is 5.26 Å². The van der Waals surface area contributed by atoms with Gasteiger partial charge in [-0.2, -0.15) is 5.26 Å². The smallest absolute Gasteiger partial charge is 0.289 e. The summed E-state index contributed by atoms with van der Waals surface area (Å²) in [5.41, 5.74) is 2.95. The van der Waals surface area contributed by atoms with Crippen LogP contribution in [-0.2, 0) is 0 Å². The molecule has 0 unspecified atom stereocenters. The number of nitrogens with one attached hydrogen (secondary N) is 1. The van der Waals surface area contributed by atoms with Gasteiger partial charge in [0.15, 0.2) is 0 Å². The number of hydrogen-bond acceptors (Lipinski definition) is 4. The standard InChI is InChI=1S/C17H10Cl2N4O2/c1-9-2-4-12-13(6-9)22-17(21-12)11(8-20)7-10-3-5-14(23(24)25)16(19)15(10)18/h2-7H,1H3,(H,21,22)/b11-7-. The van der Waals surface area contributed by atoms with Crippen molar-refractivity contribution in [2.24, 2.45) is 0 Å². The van der Waals surface area contributed by atoms with Crippen LogP contribution in [0.3, 0.4) is 0 Å². The van der Waals surface area contributed by atoms with Crippen LogP contribution in [0, 0.1) is 28.4 Å². The first-order valence-corrected chi connectivity index (χ1v) is 7.87. The number of nitrogens with zero attached hydrogens (tertiary/aromatic N) is 3. The second kappa shape index (κ2) is 6.55. The van der Waals surface area contributed by atoms with Gasteiger partial charge in [0.05, 0.1) is 26.6 Å². The fourth-order valence-electron chi connectivity index (χ4n) is 2.37. The molecule has 3 aromatic rings. The summed E-state index contributed by atoms with van der Waals surface area (Å²) in [6, 6.07) is 10.5. The fourth-order valence-corrected chi connectivity index (χ4v) is 2.82. The Morgan fingerprint density at radius 3 is 2.76 bits per heavy atom. The van der Waals surface area contributed by atoms with Crippen LogP contribution in [0.5, 0.6) is 0 Å². The number of rotatable bonds is 3. The second-order valence-electron chi connectivity index (χ2n) is 5.33. The van der Waals surface area contributed by atoms with Crippen molar-refractivity contribution in [3.8, 4) is 6.07 Å². The quantitative estimate of drug-likeness (QED) is 0.390. The van der Waals surface area contributed by atoms with Crippen molar-refractivity contribution in [1.82, 2.24) is 9.97 Å². The Balaban J connectivity index is 2.10. The van der Waals surface area contributed by atoms with Crippen molar-refractivity contribution in [2.45, 2.75) is 6.92 Å². The molecule has 25 heavy (non-hydrogen) atoms. The van der Waals surface area contributed by atoms with Gasteiger partial charge in [0, 0.05) is 6.07 Å². The molecule has 0 atom stereocenters. The van der Waals surface area contributed by atoms with Crippen LogP contribution < -0.4 is 0 Å². The molecule has 0 spiro atoms. The van der Waals surface area contributed by atoms with Gasteiger partial charge in [-0.1, -0.05) is 29.3 Å². The zero-order chi connectivity index (χ0) is 18.1. The van der Waals surface area contributed by atoms with Gasteiger partial charge < -0.3 is 4.98 Å². The Labute approximate surface area is 152 Å². The van der Waals surface area contributed by atoms with Crippen molar-refractivity contribution >= 4 is 51.6 Å². The molecule has 0 fully saturated rings. The number of H-pyrrole nitrogens is 1. The highest BCUT2D eigenvalue weighted by atomic mass is 35.5. The molecule has 3 rings (SSSR count). The summed E-state index contributed by atoms with van der Waals surface area (Å²) in [5.74, 6) is 0.383. The number of aromatic amines is 1. The Morgan fingerprint density at radius 2 is 2.08 bits per heavy atom. The van der Waals surface area contributed by atoms with Gasteiger partial charge >= 0.3 is 0 Å². The average molecular weight is 373 g/mol. The third-order valence-corrected chi connectivity index (χ3v) is 4.49. The lowest BCUT2D eigenvalue weighted by atomic mass is 10.1. The van der Waals surface area contributed by atoms with E-state index in [0.717, 1.165) is 16.6 Å². The predicted octanol–water partition coefficient (Wildman–Crippen LogP) is 5.15. The molecule has 1 aromatic heterocycles. The van der Waals surface area contributed by atoms with Crippen molar-refractivity contribution in [3.05, 3.63) is 67.4 Å². The normalized spacial score (nSPS) is 11.5. The molecule has 0 amide bonds. The lowest BCUT2D eigenvalue weighted by Crippen LogP contribution is -1.91. The van der Waals surface area contributed by atoms with E-state index in [1.807, 2.05) is 25.1 Å². The number of nitriles is 1. The van der Waals surface area contributed by atoms with Gasteiger partial charge in [0.1, 0.15) is 16.9 Å². The van der Waals surface area contributed by atoms with Crippen LogP contribution in [0.15, 0.2) is 30.3 Å². The van der Waals surface area contributed by atoms with Gasteiger partial charge in [0.2, 0.25) is 0 Å². The van der Waals surface area contributed by atoms with Crippen LogP contribution in [0.1, 0.15) is 17.0 Å². The van der Waals surface area contributed by atoms with Gasteiger partial charge in [0.25, 0.3) is 5.69 Å². The average Bonchev–Trinajstić information content (AvgIpc) is 2.98. The molecule has 0 aliphatic rings. The molecule has 124 valence electrons. The highest BCUT2D eigenvalue weighted by molar-refractivity contribution is 6.44.